The number of rotatable bonds is 4. The van der Waals surface area contributed by atoms with E-state index in [1.165, 1.54) is 19.3 Å². The molecular formula is C18H26N2O2. The maximum atomic E-state index is 13.2. The summed E-state index contributed by atoms with van der Waals surface area (Å²) in [6, 6.07) is 7.94. The van der Waals surface area contributed by atoms with Crippen LogP contribution in [0.2, 0.25) is 0 Å². The molecule has 1 saturated carbocycles. The van der Waals surface area contributed by atoms with Crippen molar-refractivity contribution in [1.29, 1.82) is 0 Å². The van der Waals surface area contributed by atoms with Crippen LogP contribution in [0.15, 0.2) is 24.3 Å². The molecule has 0 unspecified atom stereocenters. The van der Waals surface area contributed by atoms with Crippen LogP contribution in [0, 0.1) is 11.3 Å². The summed E-state index contributed by atoms with van der Waals surface area (Å²) < 4.78 is 5.41. The normalized spacial score (nSPS) is 27.3. The Morgan fingerprint density at radius 1 is 1.41 bits per heavy atom. The van der Waals surface area contributed by atoms with Crippen molar-refractivity contribution in [3.05, 3.63) is 29.8 Å². The number of carbonyl (C=O) groups excluding carboxylic acids is 1. The van der Waals surface area contributed by atoms with E-state index in [1.54, 1.807) is 7.11 Å². The number of amides is 1. The van der Waals surface area contributed by atoms with Gasteiger partial charge in [-0.1, -0.05) is 31.0 Å². The monoisotopic (exact) mass is 302 g/mol. The lowest BCUT2D eigenvalue weighted by atomic mass is 9.67. The first-order chi connectivity index (χ1) is 10.7. The molecule has 4 nitrogen and oxygen atoms in total. The van der Waals surface area contributed by atoms with Gasteiger partial charge in [0, 0.05) is 25.7 Å². The molecule has 1 heterocycles. The summed E-state index contributed by atoms with van der Waals surface area (Å²) in [5.74, 6) is 1.66. The van der Waals surface area contributed by atoms with E-state index in [0.29, 0.717) is 18.4 Å². The highest BCUT2D eigenvalue weighted by Crippen LogP contribution is 2.45. The molecule has 0 aromatic heterocycles. The molecule has 2 atom stereocenters. The molecule has 22 heavy (non-hydrogen) atoms. The van der Waals surface area contributed by atoms with E-state index in [9.17, 15) is 4.79 Å². The Morgan fingerprint density at radius 3 is 3.05 bits per heavy atom. The van der Waals surface area contributed by atoms with E-state index in [-0.39, 0.29) is 5.41 Å². The summed E-state index contributed by atoms with van der Waals surface area (Å²) in [5, 5.41) is 3.46. The van der Waals surface area contributed by atoms with Crippen LogP contribution in [0.5, 0.6) is 5.75 Å². The van der Waals surface area contributed by atoms with Gasteiger partial charge < -0.3 is 15.0 Å². The summed E-state index contributed by atoms with van der Waals surface area (Å²) in [5.41, 5.74) is 0.894. The molecule has 1 aliphatic carbocycles. The molecule has 120 valence electrons. The number of fused-ring (bicyclic) bond motifs is 1. The lowest BCUT2D eigenvalue weighted by molar-refractivity contribution is -0.144. The van der Waals surface area contributed by atoms with Crippen molar-refractivity contribution in [3.63, 3.8) is 0 Å². The van der Waals surface area contributed by atoms with Gasteiger partial charge in [-0.05, 0) is 31.4 Å². The van der Waals surface area contributed by atoms with Crippen LogP contribution < -0.4 is 10.1 Å². The first-order valence-corrected chi connectivity index (χ1v) is 8.25. The Balaban J connectivity index is 1.77. The van der Waals surface area contributed by atoms with Crippen molar-refractivity contribution in [3.8, 4) is 5.75 Å². The fourth-order valence-corrected chi connectivity index (χ4v) is 4.21. The molecule has 1 aromatic rings. The predicted molar refractivity (Wildman–Crippen MR) is 86.7 cm³/mol. The maximum Gasteiger partial charge on any atom is 0.230 e. The smallest absolute Gasteiger partial charge is 0.230 e. The lowest BCUT2D eigenvalue weighted by Crippen LogP contribution is -2.48. The number of nitrogens with zero attached hydrogens (tertiary/aromatic N) is 1. The fourth-order valence-electron chi connectivity index (χ4n) is 4.21. The van der Waals surface area contributed by atoms with E-state index in [1.807, 2.05) is 36.2 Å². The molecule has 1 N–H and O–H groups in total. The van der Waals surface area contributed by atoms with Gasteiger partial charge in [-0.25, -0.2) is 0 Å². The van der Waals surface area contributed by atoms with Crippen LogP contribution in [0.25, 0.3) is 0 Å². The minimum absolute atomic E-state index is 0.172. The van der Waals surface area contributed by atoms with Crippen molar-refractivity contribution < 1.29 is 9.53 Å². The SMILES string of the molecule is COc1ccccc1CN(C)C(=O)[C@@]12CCCC[C@H]1CNC2. The van der Waals surface area contributed by atoms with E-state index >= 15 is 0 Å². The molecule has 4 heteroatoms. The molecule has 1 aliphatic heterocycles. The summed E-state index contributed by atoms with van der Waals surface area (Å²) in [4.78, 5) is 15.0. The zero-order valence-electron chi connectivity index (χ0n) is 13.6. The third kappa shape index (κ3) is 2.60. The minimum atomic E-state index is -0.172. The van der Waals surface area contributed by atoms with Gasteiger partial charge in [-0.3, -0.25) is 4.79 Å². The number of hydrogen-bond acceptors (Lipinski definition) is 3. The zero-order valence-corrected chi connectivity index (χ0v) is 13.6. The number of para-hydroxylation sites is 1. The Labute approximate surface area is 132 Å². The fraction of sp³-hybridized carbons (Fsp3) is 0.611. The van der Waals surface area contributed by atoms with E-state index in [2.05, 4.69) is 5.32 Å². The van der Waals surface area contributed by atoms with E-state index in [4.69, 9.17) is 4.74 Å². The van der Waals surface area contributed by atoms with Crippen molar-refractivity contribution in [1.82, 2.24) is 10.2 Å². The summed E-state index contributed by atoms with van der Waals surface area (Å²) in [6.07, 6.45) is 4.64. The van der Waals surface area contributed by atoms with Crippen LogP contribution in [0.3, 0.4) is 0 Å². The summed E-state index contributed by atoms with van der Waals surface area (Å²) in [7, 11) is 3.60. The first kappa shape index (κ1) is 15.3. The number of hydrogen-bond donors (Lipinski definition) is 1. The molecule has 0 spiro atoms. The van der Waals surface area contributed by atoms with Crippen LogP contribution >= 0.6 is 0 Å². The summed E-state index contributed by atoms with van der Waals surface area (Å²) in [6.45, 7) is 2.44. The molecule has 2 aliphatic rings. The van der Waals surface area contributed by atoms with E-state index < -0.39 is 0 Å². The van der Waals surface area contributed by atoms with Gasteiger partial charge in [0.15, 0.2) is 0 Å². The average Bonchev–Trinajstić information content (AvgIpc) is 2.99. The van der Waals surface area contributed by atoms with Gasteiger partial charge in [0.2, 0.25) is 5.91 Å². The minimum Gasteiger partial charge on any atom is -0.496 e. The predicted octanol–water partition coefficient (Wildman–Crippen LogP) is 2.43. The largest absolute Gasteiger partial charge is 0.496 e. The van der Waals surface area contributed by atoms with Crippen LogP contribution in [0.1, 0.15) is 31.2 Å². The lowest BCUT2D eigenvalue weighted by Gasteiger charge is -2.39. The van der Waals surface area contributed by atoms with Crippen molar-refractivity contribution in [2.24, 2.45) is 11.3 Å². The van der Waals surface area contributed by atoms with Gasteiger partial charge in [-0.15, -0.1) is 0 Å². The first-order valence-electron chi connectivity index (χ1n) is 8.25. The molecule has 2 fully saturated rings. The topological polar surface area (TPSA) is 41.6 Å². The third-order valence-corrected chi connectivity index (χ3v) is 5.41. The molecule has 1 aromatic carbocycles. The second-order valence-electron chi connectivity index (χ2n) is 6.70. The number of methoxy groups -OCH3 is 1. The zero-order chi connectivity index (χ0) is 15.6. The Morgan fingerprint density at radius 2 is 2.23 bits per heavy atom. The highest BCUT2D eigenvalue weighted by Gasteiger charge is 2.50. The molecule has 0 radical (unpaired) electrons. The molecular weight excluding hydrogens is 276 g/mol. The van der Waals surface area contributed by atoms with E-state index in [0.717, 1.165) is 30.8 Å². The van der Waals surface area contributed by atoms with Crippen molar-refractivity contribution in [2.75, 3.05) is 27.2 Å². The molecule has 1 saturated heterocycles. The van der Waals surface area contributed by atoms with Gasteiger partial charge in [0.1, 0.15) is 5.75 Å². The van der Waals surface area contributed by atoms with Gasteiger partial charge >= 0.3 is 0 Å². The second-order valence-corrected chi connectivity index (χ2v) is 6.70. The van der Waals surface area contributed by atoms with Crippen molar-refractivity contribution >= 4 is 5.91 Å². The Bertz CT molecular complexity index is 546. The third-order valence-electron chi connectivity index (χ3n) is 5.41. The van der Waals surface area contributed by atoms with Gasteiger partial charge in [0.05, 0.1) is 12.5 Å². The number of nitrogens with one attached hydrogen (secondary N) is 1. The van der Waals surface area contributed by atoms with Crippen LogP contribution in [0.4, 0.5) is 0 Å². The van der Waals surface area contributed by atoms with Gasteiger partial charge in [-0.2, -0.15) is 0 Å². The quantitative estimate of drug-likeness (QED) is 0.929. The Hall–Kier alpha value is -1.55. The average molecular weight is 302 g/mol. The standard InChI is InChI=1S/C18H26N2O2/c1-20(12-14-7-3-4-9-16(14)22-2)17(21)18-10-6-5-8-15(18)11-19-13-18/h3-4,7,9,15,19H,5-6,8,10-13H2,1-2H3/t15-,18+/m0/s1. The number of benzene rings is 1. The van der Waals surface area contributed by atoms with Crippen molar-refractivity contribution in [2.45, 2.75) is 32.2 Å². The molecule has 0 bridgehead atoms. The summed E-state index contributed by atoms with van der Waals surface area (Å²) >= 11 is 0. The van der Waals surface area contributed by atoms with Gasteiger partial charge in [0.25, 0.3) is 0 Å². The highest BCUT2D eigenvalue weighted by molar-refractivity contribution is 5.83. The van der Waals surface area contributed by atoms with Crippen LogP contribution in [-0.4, -0.2) is 38.1 Å². The van der Waals surface area contributed by atoms with Crippen LogP contribution in [-0.2, 0) is 11.3 Å². The second kappa shape index (κ2) is 6.29. The molecule has 1 amide bonds. The number of carbonyl (C=O) groups is 1. The Kier molecular flexibility index (Phi) is 4.39. The highest BCUT2D eigenvalue weighted by atomic mass is 16.5. The maximum absolute atomic E-state index is 13.2. The molecule has 3 rings (SSSR count). The number of ether oxygens (including phenoxy) is 1.